The van der Waals surface area contributed by atoms with E-state index in [1.807, 2.05) is 60.0 Å². The highest BCUT2D eigenvalue weighted by molar-refractivity contribution is 7.14. The van der Waals surface area contributed by atoms with Gasteiger partial charge in [-0.25, -0.2) is 4.98 Å². The van der Waals surface area contributed by atoms with Gasteiger partial charge in [0.1, 0.15) is 6.61 Å². The molecule has 0 N–H and O–H groups in total. The predicted octanol–water partition coefficient (Wildman–Crippen LogP) is 5.07. The third kappa shape index (κ3) is 5.51. The van der Waals surface area contributed by atoms with Gasteiger partial charge in [-0.1, -0.05) is 55.5 Å². The van der Waals surface area contributed by atoms with Gasteiger partial charge in [0.2, 0.25) is 5.91 Å². The van der Waals surface area contributed by atoms with Gasteiger partial charge in [0, 0.05) is 18.7 Å². The highest BCUT2D eigenvalue weighted by Crippen LogP contribution is 2.31. The lowest BCUT2D eigenvalue weighted by Gasteiger charge is -2.20. The third-order valence-electron chi connectivity index (χ3n) is 4.50. The Morgan fingerprint density at radius 2 is 1.79 bits per heavy atom. The second-order valence-electron chi connectivity index (χ2n) is 6.60. The summed E-state index contributed by atoms with van der Waals surface area (Å²) in [6, 6.07) is 17.6. The van der Waals surface area contributed by atoms with E-state index in [1.54, 1.807) is 4.90 Å². The van der Waals surface area contributed by atoms with Crippen LogP contribution in [-0.2, 0) is 33.8 Å². The van der Waals surface area contributed by atoms with Crippen molar-refractivity contribution in [1.82, 2.24) is 4.98 Å². The number of hydrogen-bond acceptors (Lipinski definition) is 5. The molecule has 1 heterocycles. The zero-order valence-electron chi connectivity index (χ0n) is 16.6. The molecule has 0 saturated heterocycles. The van der Waals surface area contributed by atoms with Crippen LogP contribution in [0, 0.1) is 0 Å². The van der Waals surface area contributed by atoms with Crippen molar-refractivity contribution in [2.24, 2.45) is 0 Å². The molecular formula is C23H24N2O3S. The maximum Gasteiger partial charge on any atom is 0.306 e. The highest BCUT2D eigenvalue weighted by atomic mass is 32.1. The number of benzene rings is 2. The molecule has 29 heavy (non-hydrogen) atoms. The number of hydrogen-bond donors (Lipinski definition) is 0. The van der Waals surface area contributed by atoms with Crippen LogP contribution >= 0.6 is 11.3 Å². The van der Waals surface area contributed by atoms with Crippen molar-refractivity contribution in [3.05, 3.63) is 76.8 Å². The molecule has 0 bridgehead atoms. The van der Waals surface area contributed by atoms with E-state index >= 15 is 0 Å². The Morgan fingerprint density at radius 3 is 2.52 bits per heavy atom. The van der Waals surface area contributed by atoms with E-state index in [1.165, 1.54) is 18.3 Å². The first-order valence-corrected chi connectivity index (χ1v) is 10.5. The molecule has 150 valence electrons. The Morgan fingerprint density at radius 1 is 1.07 bits per heavy atom. The number of nitrogens with zero attached hydrogens (tertiary/aromatic N) is 2. The Hall–Kier alpha value is -2.99. The summed E-state index contributed by atoms with van der Waals surface area (Å²) in [7, 11) is 0. The van der Waals surface area contributed by atoms with Crippen molar-refractivity contribution in [3.63, 3.8) is 0 Å². The highest BCUT2D eigenvalue weighted by Gasteiger charge is 2.20. The number of amides is 1. The normalized spacial score (nSPS) is 10.6. The largest absolute Gasteiger partial charge is 0.459 e. The van der Waals surface area contributed by atoms with E-state index in [2.05, 4.69) is 11.9 Å². The van der Waals surface area contributed by atoms with E-state index in [0.717, 1.165) is 23.2 Å². The molecule has 2 aromatic carbocycles. The standard InChI is InChI=1S/C23H24N2O3S/c1-3-19-11-7-8-12-21(19)25(17(2)26)23-24-20(16-29-23)15-28-22(27)14-13-18-9-5-4-6-10-18/h4-12,16H,3,13-15H2,1-2H3. The number of rotatable bonds is 8. The van der Waals surface area contributed by atoms with E-state index < -0.39 is 0 Å². The number of carbonyl (C=O) groups is 2. The quantitative estimate of drug-likeness (QED) is 0.489. The van der Waals surface area contributed by atoms with Crippen LogP contribution in [0.3, 0.4) is 0 Å². The molecule has 0 fully saturated rings. The average Bonchev–Trinajstić information content (AvgIpc) is 3.20. The molecule has 5 nitrogen and oxygen atoms in total. The van der Waals surface area contributed by atoms with Crippen LogP contribution in [-0.4, -0.2) is 16.9 Å². The zero-order chi connectivity index (χ0) is 20.6. The molecule has 0 spiro atoms. The van der Waals surface area contributed by atoms with E-state index in [-0.39, 0.29) is 18.5 Å². The van der Waals surface area contributed by atoms with Gasteiger partial charge >= 0.3 is 5.97 Å². The molecule has 3 rings (SSSR count). The molecule has 6 heteroatoms. The maximum absolute atomic E-state index is 12.3. The fraction of sp³-hybridized carbons (Fsp3) is 0.261. The van der Waals surface area contributed by atoms with Gasteiger partial charge in [0.25, 0.3) is 0 Å². The van der Waals surface area contributed by atoms with Gasteiger partial charge in [0.05, 0.1) is 11.4 Å². The molecule has 0 aliphatic rings. The first-order valence-electron chi connectivity index (χ1n) is 9.61. The Bertz CT molecular complexity index is 969. The number of carbonyl (C=O) groups excluding carboxylic acids is 2. The molecule has 1 aromatic heterocycles. The second kappa shape index (κ2) is 9.98. The molecule has 0 aliphatic heterocycles. The number of ether oxygens (including phenoxy) is 1. The Kier molecular flexibility index (Phi) is 7.14. The average molecular weight is 409 g/mol. The smallest absolute Gasteiger partial charge is 0.306 e. The number of thiazole rings is 1. The number of aryl methyl sites for hydroxylation is 2. The van der Waals surface area contributed by atoms with Gasteiger partial charge in [-0.2, -0.15) is 0 Å². The van der Waals surface area contributed by atoms with Gasteiger partial charge in [-0.05, 0) is 30.0 Å². The van der Waals surface area contributed by atoms with Crippen molar-refractivity contribution in [3.8, 4) is 0 Å². The lowest BCUT2D eigenvalue weighted by Crippen LogP contribution is -2.23. The molecule has 3 aromatic rings. The Labute approximate surface area is 175 Å². The predicted molar refractivity (Wildman–Crippen MR) is 115 cm³/mol. The summed E-state index contributed by atoms with van der Waals surface area (Å²) < 4.78 is 5.36. The first-order chi connectivity index (χ1) is 14.1. The minimum Gasteiger partial charge on any atom is -0.459 e. The molecule has 0 aliphatic carbocycles. The summed E-state index contributed by atoms with van der Waals surface area (Å²) >= 11 is 1.36. The van der Waals surface area contributed by atoms with Gasteiger partial charge < -0.3 is 4.74 Å². The van der Waals surface area contributed by atoms with Crippen molar-refractivity contribution in [2.75, 3.05) is 4.90 Å². The summed E-state index contributed by atoms with van der Waals surface area (Å²) in [6.45, 7) is 3.68. The van der Waals surface area contributed by atoms with Crippen molar-refractivity contribution < 1.29 is 14.3 Å². The van der Waals surface area contributed by atoms with Crippen LogP contribution in [0.1, 0.15) is 37.1 Å². The summed E-state index contributed by atoms with van der Waals surface area (Å²) in [6.07, 6.45) is 1.79. The van der Waals surface area contributed by atoms with Gasteiger partial charge in [0.15, 0.2) is 5.13 Å². The zero-order valence-corrected chi connectivity index (χ0v) is 17.4. The van der Waals surface area contributed by atoms with Gasteiger partial charge in [-0.15, -0.1) is 11.3 Å². The van der Waals surface area contributed by atoms with Crippen LogP contribution in [0.25, 0.3) is 0 Å². The van der Waals surface area contributed by atoms with Crippen LogP contribution in [0.15, 0.2) is 60.0 Å². The number of aromatic nitrogens is 1. The van der Waals surface area contributed by atoms with Crippen molar-refractivity contribution in [2.45, 2.75) is 39.7 Å². The van der Waals surface area contributed by atoms with E-state index in [9.17, 15) is 9.59 Å². The molecule has 0 radical (unpaired) electrons. The topological polar surface area (TPSA) is 59.5 Å². The Balaban J connectivity index is 1.63. The first kappa shape index (κ1) is 20.7. The minimum absolute atomic E-state index is 0.102. The maximum atomic E-state index is 12.3. The summed E-state index contributed by atoms with van der Waals surface area (Å²) in [5.74, 6) is -0.366. The minimum atomic E-state index is -0.261. The number of para-hydroxylation sites is 1. The monoisotopic (exact) mass is 408 g/mol. The molecule has 0 saturated carbocycles. The van der Waals surface area contributed by atoms with Crippen molar-refractivity contribution >= 4 is 34.0 Å². The fourth-order valence-electron chi connectivity index (χ4n) is 3.02. The molecule has 1 amide bonds. The fourth-order valence-corrected chi connectivity index (χ4v) is 3.88. The summed E-state index contributed by atoms with van der Waals surface area (Å²) in [5, 5.41) is 2.40. The second-order valence-corrected chi connectivity index (χ2v) is 7.44. The summed E-state index contributed by atoms with van der Waals surface area (Å²) in [4.78, 5) is 30.5. The number of esters is 1. The SMILES string of the molecule is CCc1ccccc1N(C(C)=O)c1nc(COC(=O)CCc2ccccc2)cs1. The van der Waals surface area contributed by atoms with Crippen LogP contribution in [0.4, 0.5) is 10.8 Å². The van der Waals surface area contributed by atoms with E-state index in [4.69, 9.17) is 4.74 Å². The number of anilines is 2. The third-order valence-corrected chi connectivity index (χ3v) is 5.38. The van der Waals surface area contributed by atoms with E-state index in [0.29, 0.717) is 23.7 Å². The van der Waals surface area contributed by atoms with Crippen molar-refractivity contribution in [1.29, 1.82) is 0 Å². The summed E-state index contributed by atoms with van der Waals surface area (Å²) in [5.41, 5.74) is 3.65. The lowest BCUT2D eigenvalue weighted by molar-refractivity contribution is -0.145. The van der Waals surface area contributed by atoms with Crippen LogP contribution in [0.2, 0.25) is 0 Å². The van der Waals surface area contributed by atoms with Crippen LogP contribution in [0.5, 0.6) is 0 Å². The molecule has 0 unspecified atom stereocenters. The molecule has 0 atom stereocenters. The van der Waals surface area contributed by atoms with Gasteiger partial charge in [-0.3, -0.25) is 14.5 Å². The molecular weight excluding hydrogens is 384 g/mol. The lowest BCUT2D eigenvalue weighted by atomic mass is 10.1. The van der Waals surface area contributed by atoms with Crippen LogP contribution < -0.4 is 4.90 Å².